The molecule has 7 heteroatoms. The molecule has 0 aliphatic rings. The largest absolute Gasteiger partial charge is 0.573 e. The van der Waals surface area contributed by atoms with E-state index in [1.807, 2.05) is 0 Å². The third-order valence-electron chi connectivity index (χ3n) is 4.21. The van der Waals surface area contributed by atoms with E-state index in [0.29, 0.717) is 32.7 Å². The smallest absolute Gasteiger partial charge is 0.406 e. The number of hydrogen-bond donors (Lipinski definition) is 0. The summed E-state index contributed by atoms with van der Waals surface area (Å²) in [6.07, 6.45) is -4.02. The molecule has 0 fully saturated rings. The molecule has 0 spiro atoms. The van der Waals surface area contributed by atoms with E-state index < -0.39 is 12.3 Å². The Balaban J connectivity index is 2.35. The highest BCUT2D eigenvalue weighted by molar-refractivity contribution is 6.30. The molecule has 2 aromatic carbocycles. The first kappa shape index (κ1) is 19.2. The number of alkyl halides is 3. The number of aldehydes is 1. The van der Waals surface area contributed by atoms with Crippen molar-refractivity contribution in [1.29, 1.82) is 0 Å². The Kier molecular flexibility index (Phi) is 5.11. The van der Waals surface area contributed by atoms with Gasteiger partial charge in [-0.3, -0.25) is 4.98 Å². The average Bonchev–Trinajstić information content (AvgIpc) is 2.60. The fourth-order valence-corrected chi connectivity index (χ4v) is 3.26. The predicted octanol–water partition coefficient (Wildman–Crippen LogP) is 6.06. The van der Waals surface area contributed by atoms with Gasteiger partial charge >= 0.3 is 6.36 Å². The molecule has 1 atom stereocenters. The molecule has 0 aliphatic heterocycles. The van der Waals surface area contributed by atoms with Crippen LogP contribution in [0.4, 0.5) is 13.2 Å². The molecule has 1 heterocycles. The fraction of sp³-hybridized carbons (Fsp3) is 0.200. The van der Waals surface area contributed by atoms with Crippen molar-refractivity contribution in [2.45, 2.75) is 26.1 Å². The number of ether oxygens (including phenoxy) is 1. The maximum absolute atomic E-state index is 12.6. The standard InChI is InChI=1S/C20H15ClF3NO2/c1-11(10-26)18-12(2)25-17-8-7-15(27-20(22,23)24)9-16(17)19(18)13-3-5-14(21)6-4-13/h3-11H,1-2H3. The Hall–Kier alpha value is -2.60. The summed E-state index contributed by atoms with van der Waals surface area (Å²) < 4.78 is 42.0. The van der Waals surface area contributed by atoms with Gasteiger partial charge in [-0.2, -0.15) is 0 Å². The Morgan fingerprint density at radius 1 is 1.15 bits per heavy atom. The molecule has 0 saturated heterocycles. The first-order valence-electron chi connectivity index (χ1n) is 8.11. The van der Waals surface area contributed by atoms with E-state index in [1.165, 1.54) is 18.2 Å². The van der Waals surface area contributed by atoms with Gasteiger partial charge in [-0.1, -0.05) is 30.7 Å². The number of pyridine rings is 1. The second-order valence-corrected chi connectivity index (χ2v) is 6.58. The van der Waals surface area contributed by atoms with Crippen LogP contribution in [0.2, 0.25) is 5.02 Å². The lowest BCUT2D eigenvalue weighted by Gasteiger charge is -2.19. The summed E-state index contributed by atoms with van der Waals surface area (Å²) in [5.41, 5.74) is 3.17. The van der Waals surface area contributed by atoms with Crippen LogP contribution in [0.1, 0.15) is 24.1 Å². The molecule has 1 aromatic heterocycles. The molecule has 0 saturated carbocycles. The summed E-state index contributed by atoms with van der Waals surface area (Å²) in [5.74, 6) is -0.833. The number of rotatable bonds is 4. The van der Waals surface area contributed by atoms with Gasteiger partial charge in [0.1, 0.15) is 12.0 Å². The highest BCUT2D eigenvalue weighted by Crippen LogP contribution is 2.39. The molecule has 0 N–H and O–H groups in total. The minimum atomic E-state index is -4.80. The predicted molar refractivity (Wildman–Crippen MR) is 98.1 cm³/mol. The number of hydrogen-bond acceptors (Lipinski definition) is 3. The van der Waals surface area contributed by atoms with Crippen LogP contribution >= 0.6 is 11.6 Å². The second-order valence-electron chi connectivity index (χ2n) is 6.14. The summed E-state index contributed by atoms with van der Waals surface area (Å²) in [5, 5.41) is 0.994. The third-order valence-corrected chi connectivity index (χ3v) is 4.46. The van der Waals surface area contributed by atoms with E-state index in [0.717, 1.165) is 11.8 Å². The number of nitrogens with zero attached hydrogens (tertiary/aromatic N) is 1. The molecule has 0 aliphatic carbocycles. The molecule has 3 rings (SSSR count). The third kappa shape index (κ3) is 4.06. The highest BCUT2D eigenvalue weighted by atomic mass is 35.5. The van der Waals surface area contributed by atoms with Gasteiger partial charge in [-0.05, 0) is 53.9 Å². The van der Waals surface area contributed by atoms with Gasteiger partial charge in [0.15, 0.2) is 0 Å². The van der Waals surface area contributed by atoms with Gasteiger partial charge in [0.05, 0.1) is 5.52 Å². The van der Waals surface area contributed by atoms with Crippen LogP contribution in [0.15, 0.2) is 42.5 Å². The monoisotopic (exact) mass is 393 g/mol. The van der Waals surface area contributed by atoms with Crippen LogP contribution in [-0.2, 0) is 4.79 Å². The lowest BCUT2D eigenvalue weighted by Crippen LogP contribution is -2.17. The molecular formula is C20H15ClF3NO2. The quantitative estimate of drug-likeness (QED) is 0.505. The van der Waals surface area contributed by atoms with Gasteiger partial charge in [0.2, 0.25) is 0 Å². The molecule has 0 amide bonds. The Bertz CT molecular complexity index is 1000. The number of aryl methyl sites for hydroxylation is 1. The van der Waals surface area contributed by atoms with Crippen LogP contribution in [0.25, 0.3) is 22.0 Å². The van der Waals surface area contributed by atoms with Crippen molar-refractivity contribution < 1.29 is 22.7 Å². The number of carbonyl (C=O) groups excluding carboxylic acids is 1. The van der Waals surface area contributed by atoms with Crippen molar-refractivity contribution in [2.75, 3.05) is 0 Å². The van der Waals surface area contributed by atoms with Crippen LogP contribution in [0.5, 0.6) is 5.75 Å². The van der Waals surface area contributed by atoms with Gasteiger partial charge in [-0.15, -0.1) is 13.2 Å². The van der Waals surface area contributed by atoms with Crippen LogP contribution in [0.3, 0.4) is 0 Å². The Morgan fingerprint density at radius 3 is 2.41 bits per heavy atom. The lowest BCUT2D eigenvalue weighted by atomic mass is 9.88. The minimum Gasteiger partial charge on any atom is -0.406 e. The molecular weight excluding hydrogens is 379 g/mol. The Labute approximate surface area is 158 Å². The zero-order valence-corrected chi connectivity index (χ0v) is 15.2. The number of benzene rings is 2. The maximum atomic E-state index is 12.6. The van der Waals surface area contributed by atoms with Crippen molar-refractivity contribution in [3.05, 3.63) is 58.7 Å². The summed E-state index contributed by atoms with van der Waals surface area (Å²) in [7, 11) is 0. The summed E-state index contributed by atoms with van der Waals surface area (Å²) in [4.78, 5) is 15.9. The zero-order valence-electron chi connectivity index (χ0n) is 14.5. The number of fused-ring (bicyclic) bond motifs is 1. The van der Waals surface area contributed by atoms with E-state index in [-0.39, 0.29) is 5.75 Å². The van der Waals surface area contributed by atoms with E-state index in [2.05, 4.69) is 9.72 Å². The van der Waals surface area contributed by atoms with Crippen LogP contribution in [0, 0.1) is 6.92 Å². The number of aromatic nitrogens is 1. The first-order chi connectivity index (χ1) is 12.7. The van der Waals surface area contributed by atoms with Crippen molar-refractivity contribution in [3.63, 3.8) is 0 Å². The fourth-order valence-electron chi connectivity index (χ4n) is 3.13. The minimum absolute atomic E-state index is 0.347. The molecule has 3 aromatic rings. The lowest BCUT2D eigenvalue weighted by molar-refractivity contribution is -0.274. The zero-order chi connectivity index (χ0) is 19.8. The van der Waals surface area contributed by atoms with Crippen LogP contribution in [-0.4, -0.2) is 17.6 Å². The van der Waals surface area contributed by atoms with Crippen molar-refractivity contribution in [3.8, 4) is 16.9 Å². The van der Waals surface area contributed by atoms with E-state index in [1.54, 1.807) is 38.1 Å². The van der Waals surface area contributed by atoms with Crippen LogP contribution < -0.4 is 4.74 Å². The van der Waals surface area contributed by atoms with Gasteiger partial charge in [0.25, 0.3) is 0 Å². The van der Waals surface area contributed by atoms with E-state index in [9.17, 15) is 18.0 Å². The number of halogens is 4. The molecule has 140 valence electrons. The van der Waals surface area contributed by atoms with Gasteiger partial charge < -0.3 is 9.53 Å². The highest BCUT2D eigenvalue weighted by Gasteiger charge is 2.31. The van der Waals surface area contributed by atoms with Crippen molar-refractivity contribution >= 4 is 28.8 Å². The molecule has 0 radical (unpaired) electrons. The summed E-state index contributed by atoms with van der Waals surface area (Å²) in [6, 6.07) is 10.9. The first-order valence-corrected chi connectivity index (χ1v) is 8.48. The van der Waals surface area contributed by atoms with E-state index in [4.69, 9.17) is 11.6 Å². The van der Waals surface area contributed by atoms with Gasteiger partial charge in [-0.25, -0.2) is 0 Å². The number of carbonyl (C=O) groups is 1. The second kappa shape index (κ2) is 7.19. The van der Waals surface area contributed by atoms with Crippen molar-refractivity contribution in [2.24, 2.45) is 0 Å². The summed E-state index contributed by atoms with van der Waals surface area (Å²) in [6.45, 7) is 3.49. The van der Waals surface area contributed by atoms with Gasteiger partial charge in [0, 0.05) is 22.0 Å². The molecule has 3 nitrogen and oxygen atoms in total. The Morgan fingerprint density at radius 2 is 1.81 bits per heavy atom. The SMILES string of the molecule is Cc1nc2ccc(OC(F)(F)F)cc2c(-c2ccc(Cl)cc2)c1C(C)C=O. The average molecular weight is 394 g/mol. The van der Waals surface area contributed by atoms with Crippen molar-refractivity contribution in [1.82, 2.24) is 4.98 Å². The normalized spacial score (nSPS) is 12.8. The molecule has 0 bridgehead atoms. The maximum Gasteiger partial charge on any atom is 0.573 e. The molecule has 27 heavy (non-hydrogen) atoms. The molecule has 1 unspecified atom stereocenters. The summed E-state index contributed by atoms with van der Waals surface area (Å²) >= 11 is 5.96. The topological polar surface area (TPSA) is 39.2 Å². The van der Waals surface area contributed by atoms with E-state index >= 15 is 0 Å².